The Morgan fingerprint density at radius 2 is 2.15 bits per heavy atom. The number of rotatable bonds is 2. The van der Waals surface area contributed by atoms with E-state index in [0.29, 0.717) is 19.5 Å². The SMILES string of the molecule is COC(=O)[C@H]1CCCN(C(=O)c2ccc(C)cc2F)C1. The monoisotopic (exact) mass is 279 g/mol. The number of carbonyl (C=O) groups excluding carboxylic acids is 2. The lowest BCUT2D eigenvalue weighted by atomic mass is 9.97. The molecule has 1 amide bonds. The maximum absolute atomic E-state index is 13.8. The van der Waals surface area contributed by atoms with Gasteiger partial charge in [-0.3, -0.25) is 9.59 Å². The van der Waals surface area contributed by atoms with E-state index < -0.39 is 5.82 Å². The van der Waals surface area contributed by atoms with E-state index in [1.807, 2.05) is 0 Å². The Hall–Kier alpha value is -1.91. The van der Waals surface area contributed by atoms with Gasteiger partial charge in [0.2, 0.25) is 0 Å². The average molecular weight is 279 g/mol. The van der Waals surface area contributed by atoms with Crippen LogP contribution < -0.4 is 0 Å². The number of methoxy groups -OCH3 is 1. The van der Waals surface area contributed by atoms with E-state index in [1.54, 1.807) is 13.0 Å². The van der Waals surface area contributed by atoms with Crippen LogP contribution in [0.25, 0.3) is 0 Å². The van der Waals surface area contributed by atoms with Crippen molar-refractivity contribution in [3.63, 3.8) is 0 Å². The third kappa shape index (κ3) is 2.98. The van der Waals surface area contributed by atoms with Crippen LogP contribution in [-0.4, -0.2) is 37.0 Å². The molecule has 1 aliphatic rings. The number of piperidine rings is 1. The van der Waals surface area contributed by atoms with Gasteiger partial charge in [0.25, 0.3) is 5.91 Å². The third-order valence-electron chi connectivity index (χ3n) is 3.60. The molecule has 0 bridgehead atoms. The lowest BCUT2D eigenvalue weighted by molar-refractivity contribution is -0.146. The van der Waals surface area contributed by atoms with E-state index in [1.165, 1.54) is 24.1 Å². The van der Waals surface area contributed by atoms with Crippen LogP contribution in [-0.2, 0) is 9.53 Å². The number of halogens is 1. The first-order chi connectivity index (χ1) is 9.52. The van der Waals surface area contributed by atoms with E-state index in [0.717, 1.165) is 12.0 Å². The first-order valence-corrected chi connectivity index (χ1v) is 6.66. The van der Waals surface area contributed by atoms with Crippen molar-refractivity contribution in [3.8, 4) is 0 Å². The Bertz CT molecular complexity index is 530. The van der Waals surface area contributed by atoms with Gasteiger partial charge in [-0.25, -0.2) is 4.39 Å². The molecule has 0 spiro atoms. The first-order valence-electron chi connectivity index (χ1n) is 6.66. The number of esters is 1. The molecule has 20 heavy (non-hydrogen) atoms. The van der Waals surface area contributed by atoms with E-state index in [-0.39, 0.29) is 23.4 Å². The fourth-order valence-corrected chi connectivity index (χ4v) is 2.48. The summed E-state index contributed by atoms with van der Waals surface area (Å²) in [5.41, 5.74) is 0.825. The number of hydrogen-bond donors (Lipinski definition) is 0. The minimum absolute atomic E-state index is 0.0566. The number of amides is 1. The zero-order valence-electron chi connectivity index (χ0n) is 11.7. The summed E-state index contributed by atoms with van der Waals surface area (Å²) in [4.78, 5) is 25.4. The van der Waals surface area contributed by atoms with E-state index in [9.17, 15) is 14.0 Å². The number of ether oxygens (including phenoxy) is 1. The minimum atomic E-state index is -0.518. The van der Waals surface area contributed by atoms with E-state index >= 15 is 0 Å². The van der Waals surface area contributed by atoms with Crippen molar-refractivity contribution in [1.29, 1.82) is 0 Å². The van der Waals surface area contributed by atoms with Gasteiger partial charge in [0, 0.05) is 13.1 Å². The highest BCUT2D eigenvalue weighted by Gasteiger charge is 2.30. The van der Waals surface area contributed by atoms with Crippen LogP contribution in [0.5, 0.6) is 0 Å². The zero-order chi connectivity index (χ0) is 14.7. The summed E-state index contributed by atoms with van der Waals surface area (Å²) < 4.78 is 18.6. The smallest absolute Gasteiger partial charge is 0.310 e. The van der Waals surface area contributed by atoms with Gasteiger partial charge in [-0.2, -0.15) is 0 Å². The van der Waals surface area contributed by atoms with Gasteiger partial charge in [0.1, 0.15) is 5.82 Å². The maximum Gasteiger partial charge on any atom is 0.310 e. The molecule has 0 aliphatic carbocycles. The second-order valence-corrected chi connectivity index (χ2v) is 5.10. The van der Waals surface area contributed by atoms with Crippen LogP contribution in [0.2, 0.25) is 0 Å². The molecule has 108 valence electrons. The zero-order valence-corrected chi connectivity index (χ0v) is 11.7. The number of likely N-dealkylation sites (tertiary alicyclic amines) is 1. The van der Waals surface area contributed by atoms with Crippen molar-refractivity contribution in [2.24, 2.45) is 5.92 Å². The Labute approximate surface area is 117 Å². The molecule has 1 fully saturated rings. The van der Waals surface area contributed by atoms with Gasteiger partial charge in [-0.05, 0) is 37.5 Å². The van der Waals surface area contributed by atoms with Crippen LogP contribution in [0.1, 0.15) is 28.8 Å². The van der Waals surface area contributed by atoms with Crippen LogP contribution in [0.4, 0.5) is 4.39 Å². The summed E-state index contributed by atoms with van der Waals surface area (Å²) >= 11 is 0. The summed E-state index contributed by atoms with van der Waals surface area (Å²) in [5.74, 6) is -1.51. The fraction of sp³-hybridized carbons (Fsp3) is 0.467. The summed E-state index contributed by atoms with van der Waals surface area (Å²) in [7, 11) is 1.34. The molecular weight excluding hydrogens is 261 g/mol. The Morgan fingerprint density at radius 3 is 2.80 bits per heavy atom. The molecule has 0 saturated carbocycles. The van der Waals surface area contributed by atoms with Gasteiger partial charge < -0.3 is 9.64 Å². The molecule has 1 heterocycles. The van der Waals surface area contributed by atoms with Crippen LogP contribution in [0.3, 0.4) is 0 Å². The third-order valence-corrected chi connectivity index (χ3v) is 3.60. The number of hydrogen-bond acceptors (Lipinski definition) is 3. The standard InChI is InChI=1S/C15H18FNO3/c1-10-5-6-12(13(16)8-10)14(18)17-7-3-4-11(9-17)15(19)20-2/h5-6,8,11H,3-4,7,9H2,1-2H3/t11-/m0/s1. The van der Waals surface area contributed by atoms with Gasteiger partial charge in [-0.15, -0.1) is 0 Å². The molecule has 1 aromatic carbocycles. The fourth-order valence-electron chi connectivity index (χ4n) is 2.48. The number of nitrogens with zero attached hydrogens (tertiary/aromatic N) is 1. The topological polar surface area (TPSA) is 46.6 Å². The molecule has 2 rings (SSSR count). The van der Waals surface area contributed by atoms with Crippen LogP contribution >= 0.6 is 0 Å². The quantitative estimate of drug-likeness (QED) is 0.779. The van der Waals surface area contributed by atoms with E-state index in [4.69, 9.17) is 4.74 Å². The van der Waals surface area contributed by atoms with Crippen molar-refractivity contribution in [2.75, 3.05) is 20.2 Å². The average Bonchev–Trinajstić information content (AvgIpc) is 2.46. The predicted molar refractivity (Wildman–Crippen MR) is 71.8 cm³/mol. The molecule has 1 aliphatic heterocycles. The van der Waals surface area contributed by atoms with Crippen molar-refractivity contribution >= 4 is 11.9 Å². The van der Waals surface area contributed by atoms with E-state index in [2.05, 4.69) is 0 Å². The summed E-state index contributed by atoms with van der Waals surface area (Å²) in [6.45, 7) is 2.60. The second-order valence-electron chi connectivity index (χ2n) is 5.10. The molecule has 0 unspecified atom stereocenters. The molecule has 0 aromatic heterocycles. The van der Waals surface area contributed by atoms with Gasteiger partial charge >= 0.3 is 5.97 Å². The largest absolute Gasteiger partial charge is 0.469 e. The number of carbonyl (C=O) groups is 2. The van der Waals surface area contributed by atoms with Gasteiger partial charge in [-0.1, -0.05) is 6.07 Å². The highest BCUT2D eigenvalue weighted by Crippen LogP contribution is 2.21. The summed E-state index contributed by atoms with van der Waals surface area (Å²) in [5, 5.41) is 0. The van der Waals surface area contributed by atoms with Crippen molar-refractivity contribution in [1.82, 2.24) is 4.90 Å². The first kappa shape index (κ1) is 14.5. The molecule has 1 saturated heterocycles. The molecular formula is C15H18FNO3. The van der Waals surface area contributed by atoms with Gasteiger partial charge in [0.05, 0.1) is 18.6 Å². The van der Waals surface area contributed by atoms with Crippen molar-refractivity contribution < 1.29 is 18.7 Å². The molecule has 1 aromatic rings. The van der Waals surface area contributed by atoms with Crippen molar-refractivity contribution in [2.45, 2.75) is 19.8 Å². The Morgan fingerprint density at radius 1 is 1.40 bits per heavy atom. The molecule has 5 heteroatoms. The summed E-state index contributed by atoms with van der Waals surface area (Å²) in [6.07, 6.45) is 1.42. The molecule has 1 atom stereocenters. The normalized spacial score (nSPS) is 18.8. The molecule has 0 N–H and O–H groups in total. The Balaban J connectivity index is 2.14. The minimum Gasteiger partial charge on any atom is -0.469 e. The Kier molecular flexibility index (Phi) is 4.37. The maximum atomic E-state index is 13.8. The highest BCUT2D eigenvalue weighted by atomic mass is 19.1. The lowest BCUT2D eigenvalue weighted by Crippen LogP contribution is -2.42. The predicted octanol–water partition coefficient (Wildman–Crippen LogP) is 2.16. The number of benzene rings is 1. The van der Waals surface area contributed by atoms with Crippen LogP contribution in [0.15, 0.2) is 18.2 Å². The summed E-state index contributed by atoms with van der Waals surface area (Å²) in [6, 6.07) is 4.54. The van der Waals surface area contributed by atoms with Gasteiger partial charge in [0.15, 0.2) is 0 Å². The lowest BCUT2D eigenvalue weighted by Gasteiger charge is -2.31. The molecule has 0 radical (unpaired) electrons. The van der Waals surface area contributed by atoms with Crippen molar-refractivity contribution in [3.05, 3.63) is 35.1 Å². The molecule has 4 nitrogen and oxygen atoms in total. The highest BCUT2D eigenvalue weighted by molar-refractivity contribution is 5.95. The van der Waals surface area contributed by atoms with Crippen LogP contribution in [0, 0.1) is 18.7 Å². The number of aryl methyl sites for hydroxylation is 1. The second kappa shape index (κ2) is 6.03.